The summed E-state index contributed by atoms with van der Waals surface area (Å²) in [6.45, 7) is 2.27. The van der Waals surface area contributed by atoms with Gasteiger partial charge in [-0.25, -0.2) is 0 Å². The standard InChI is InChI=1S/C12H15N3S/c13-12(14)11-2-1-10(16-11)7-3-8-5-15-6-9(8)4-7/h1-3,8-9,15H,4-6H2,(H3,13,14)/t8-,9+/m1/s1. The van der Waals surface area contributed by atoms with E-state index in [1.807, 2.05) is 6.07 Å². The molecule has 3 nitrogen and oxygen atoms in total. The van der Waals surface area contributed by atoms with Crippen LogP contribution in [0.25, 0.3) is 5.57 Å². The smallest absolute Gasteiger partial charge is 0.133 e. The molecule has 0 spiro atoms. The predicted octanol–water partition coefficient (Wildman–Crippen LogP) is 1.65. The van der Waals surface area contributed by atoms with Gasteiger partial charge in [-0.1, -0.05) is 6.08 Å². The Kier molecular flexibility index (Phi) is 2.33. The molecule has 0 saturated carbocycles. The topological polar surface area (TPSA) is 61.9 Å². The first-order valence-corrected chi connectivity index (χ1v) is 6.41. The summed E-state index contributed by atoms with van der Waals surface area (Å²) in [4.78, 5) is 2.17. The van der Waals surface area contributed by atoms with Gasteiger partial charge in [0.15, 0.2) is 0 Å². The Bertz CT molecular complexity index is 461. The van der Waals surface area contributed by atoms with Crippen LogP contribution >= 0.6 is 11.3 Å². The fraction of sp³-hybridized carbons (Fsp3) is 0.417. The van der Waals surface area contributed by atoms with Gasteiger partial charge in [-0.05, 0) is 42.5 Å². The van der Waals surface area contributed by atoms with Gasteiger partial charge in [-0.3, -0.25) is 5.41 Å². The van der Waals surface area contributed by atoms with Crippen molar-refractivity contribution in [3.8, 4) is 0 Å². The van der Waals surface area contributed by atoms with Crippen molar-refractivity contribution in [2.75, 3.05) is 13.1 Å². The summed E-state index contributed by atoms with van der Waals surface area (Å²) >= 11 is 1.64. The zero-order valence-electron chi connectivity index (χ0n) is 8.99. The molecule has 16 heavy (non-hydrogen) atoms. The molecule has 1 saturated heterocycles. The summed E-state index contributed by atoms with van der Waals surface area (Å²) < 4.78 is 0. The Morgan fingerprint density at radius 2 is 2.31 bits per heavy atom. The van der Waals surface area contributed by atoms with Crippen molar-refractivity contribution >= 4 is 22.7 Å². The Morgan fingerprint density at radius 3 is 3.00 bits per heavy atom. The molecule has 2 aliphatic rings. The van der Waals surface area contributed by atoms with Crippen LogP contribution < -0.4 is 11.1 Å². The molecule has 1 aromatic rings. The summed E-state index contributed by atoms with van der Waals surface area (Å²) in [5.41, 5.74) is 6.93. The van der Waals surface area contributed by atoms with Gasteiger partial charge in [0, 0.05) is 11.4 Å². The number of nitrogen functional groups attached to an aromatic ring is 1. The van der Waals surface area contributed by atoms with E-state index in [1.165, 1.54) is 16.9 Å². The maximum Gasteiger partial charge on any atom is 0.133 e. The van der Waals surface area contributed by atoms with Crippen LogP contribution in [-0.2, 0) is 0 Å². The first-order chi connectivity index (χ1) is 7.74. The minimum atomic E-state index is 0.178. The summed E-state index contributed by atoms with van der Waals surface area (Å²) in [5.74, 6) is 1.69. The second-order valence-corrected chi connectivity index (χ2v) is 5.64. The lowest BCUT2D eigenvalue weighted by Crippen LogP contribution is -2.09. The number of allylic oxidation sites excluding steroid dienone is 1. The van der Waals surface area contributed by atoms with Crippen LogP contribution in [0.15, 0.2) is 18.2 Å². The van der Waals surface area contributed by atoms with E-state index in [4.69, 9.17) is 11.1 Å². The van der Waals surface area contributed by atoms with E-state index in [-0.39, 0.29) is 5.84 Å². The van der Waals surface area contributed by atoms with Crippen molar-refractivity contribution in [1.29, 1.82) is 5.41 Å². The fourth-order valence-electron chi connectivity index (χ4n) is 2.62. The Morgan fingerprint density at radius 1 is 1.44 bits per heavy atom. The maximum atomic E-state index is 7.40. The molecule has 0 bridgehead atoms. The van der Waals surface area contributed by atoms with Crippen molar-refractivity contribution in [2.45, 2.75) is 6.42 Å². The third-order valence-corrected chi connectivity index (χ3v) is 4.67. The average molecular weight is 233 g/mol. The number of rotatable bonds is 2. The minimum absolute atomic E-state index is 0.178. The van der Waals surface area contributed by atoms with E-state index in [2.05, 4.69) is 17.5 Å². The largest absolute Gasteiger partial charge is 0.383 e. The zero-order chi connectivity index (χ0) is 11.1. The summed E-state index contributed by atoms with van der Waals surface area (Å²) in [6, 6.07) is 4.05. The molecule has 2 atom stereocenters. The molecule has 4 heteroatoms. The number of fused-ring (bicyclic) bond motifs is 1. The van der Waals surface area contributed by atoms with Gasteiger partial charge in [0.2, 0.25) is 0 Å². The van der Waals surface area contributed by atoms with E-state index < -0.39 is 0 Å². The second kappa shape index (κ2) is 3.71. The molecule has 4 N–H and O–H groups in total. The van der Waals surface area contributed by atoms with Crippen LogP contribution in [0.3, 0.4) is 0 Å². The number of hydrogen-bond donors (Lipinski definition) is 3. The molecule has 84 valence electrons. The maximum absolute atomic E-state index is 7.40. The van der Waals surface area contributed by atoms with Crippen LogP contribution in [-0.4, -0.2) is 18.9 Å². The van der Waals surface area contributed by atoms with Crippen molar-refractivity contribution in [1.82, 2.24) is 5.32 Å². The first-order valence-electron chi connectivity index (χ1n) is 5.60. The molecule has 3 rings (SSSR count). The van der Waals surface area contributed by atoms with Crippen molar-refractivity contribution < 1.29 is 0 Å². The molecule has 2 heterocycles. The van der Waals surface area contributed by atoms with Crippen molar-refractivity contribution in [2.24, 2.45) is 17.6 Å². The number of thiophene rings is 1. The van der Waals surface area contributed by atoms with Crippen molar-refractivity contribution in [3.05, 3.63) is 28.0 Å². The van der Waals surface area contributed by atoms with E-state index >= 15 is 0 Å². The molecule has 0 unspecified atom stereocenters. The first kappa shape index (κ1) is 10.1. The molecular weight excluding hydrogens is 218 g/mol. The molecule has 0 amide bonds. The average Bonchev–Trinajstić information content (AvgIpc) is 2.91. The number of amidine groups is 1. The highest BCUT2D eigenvalue weighted by atomic mass is 32.1. The van der Waals surface area contributed by atoms with Gasteiger partial charge in [-0.2, -0.15) is 0 Å². The van der Waals surface area contributed by atoms with Crippen LogP contribution in [0.1, 0.15) is 16.2 Å². The summed E-state index contributed by atoms with van der Waals surface area (Å²) in [7, 11) is 0. The van der Waals surface area contributed by atoms with E-state index in [9.17, 15) is 0 Å². The SMILES string of the molecule is N=C(N)c1ccc(C2=C[C@@H]3CNC[C@@H]3C2)s1. The van der Waals surface area contributed by atoms with Crippen LogP contribution in [0.2, 0.25) is 0 Å². The highest BCUT2D eigenvalue weighted by molar-refractivity contribution is 7.15. The molecular formula is C12H15N3S. The molecule has 0 aromatic carbocycles. The van der Waals surface area contributed by atoms with Crippen LogP contribution in [0, 0.1) is 17.2 Å². The van der Waals surface area contributed by atoms with Gasteiger partial charge in [0.1, 0.15) is 5.84 Å². The quantitative estimate of drug-likeness (QED) is 0.537. The highest BCUT2D eigenvalue weighted by Gasteiger charge is 2.32. The van der Waals surface area contributed by atoms with Gasteiger partial charge >= 0.3 is 0 Å². The van der Waals surface area contributed by atoms with Gasteiger partial charge in [-0.15, -0.1) is 11.3 Å². The third kappa shape index (κ3) is 1.58. The number of hydrogen-bond acceptors (Lipinski definition) is 3. The fourth-order valence-corrected chi connectivity index (χ4v) is 3.52. The lowest BCUT2D eigenvalue weighted by atomic mass is 10.00. The van der Waals surface area contributed by atoms with E-state index in [0.717, 1.165) is 29.8 Å². The lowest BCUT2D eigenvalue weighted by molar-refractivity contribution is 0.536. The Balaban J connectivity index is 1.85. The molecule has 1 aromatic heterocycles. The monoisotopic (exact) mass is 233 g/mol. The van der Waals surface area contributed by atoms with Gasteiger partial charge < -0.3 is 11.1 Å². The normalized spacial score (nSPS) is 27.9. The van der Waals surface area contributed by atoms with Gasteiger partial charge in [0.05, 0.1) is 4.88 Å². The predicted molar refractivity (Wildman–Crippen MR) is 67.8 cm³/mol. The summed E-state index contributed by atoms with van der Waals surface area (Å²) in [5, 5.41) is 10.8. The molecule has 1 aliphatic carbocycles. The third-order valence-electron chi connectivity index (χ3n) is 3.48. The van der Waals surface area contributed by atoms with Crippen LogP contribution in [0.4, 0.5) is 0 Å². The Labute approximate surface area is 98.9 Å². The zero-order valence-corrected chi connectivity index (χ0v) is 9.81. The number of nitrogens with one attached hydrogen (secondary N) is 2. The van der Waals surface area contributed by atoms with Crippen LogP contribution in [0.5, 0.6) is 0 Å². The second-order valence-electron chi connectivity index (χ2n) is 4.56. The van der Waals surface area contributed by atoms with E-state index in [0.29, 0.717) is 0 Å². The lowest BCUT2D eigenvalue weighted by Gasteiger charge is -2.04. The van der Waals surface area contributed by atoms with E-state index in [1.54, 1.807) is 11.3 Å². The minimum Gasteiger partial charge on any atom is -0.383 e. The number of nitrogens with two attached hydrogens (primary N) is 1. The summed E-state index contributed by atoms with van der Waals surface area (Å²) in [6.07, 6.45) is 3.58. The Hall–Kier alpha value is -1.13. The highest BCUT2D eigenvalue weighted by Crippen LogP contribution is 2.40. The molecule has 1 fully saturated rings. The molecule has 1 aliphatic heterocycles. The molecule has 0 radical (unpaired) electrons. The van der Waals surface area contributed by atoms with Crippen molar-refractivity contribution in [3.63, 3.8) is 0 Å². The van der Waals surface area contributed by atoms with Gasteiger partial charge in [0.25, 0.3) is 0 Å².